The fourth-order valence-corrected chi connectivity index (χ4v) is 1.99. The maximum Gasteiger partial charge on any atom is 0.224 e. The monoisotopic (exact) mass is 278 g/mol. The molecule has 1 aromatic rings. The van der Waals surface area contributed by atoms with Gasteiger partial charge in [0.2, 0.25) is 5.95 Å². The SMILES string of the molecule is CNc1nc(C)cc(N(CCC(C)C)CCC(C)C)n1. The first-order valence-electron chi connectivity index (χ1n) is 7.70. The number of rotatable bonds is 8. The Morgan fingerprint density at radius 1 is 1.05 bits per heavy atom. The summed E-state index contributed by atoms with van der Waals surface area (Å²) in [5.41, 5.74) is 1.01. The highest BCUT2D eigenvalue weighted by atomic mass is 15.2. The molecule has 0 amide bonds. The summed E-state index contributed by atoms with van der Waals surface area (Å²) in [6, 6.07) is 2.08. The molecule has 0 spiro atoms. The van der Waals surface area contributed by atoms with Crippen LogP contribution in [0.2, 0.25) is 0 Å². The molecule has 0 aromatic carbocycles. The van der Waals surface area contributed by atoms with Crippen molar-refractivity contribution >= 4 is 11.8 Å². The number of hydrogen-bond acceptors (Lipinski definition) is 4. The summed E-state index contributed by atoms with van der Waals surface area (Å²) < 4.78 is 0. The van der Waals surface area contributed by atoms with E-state index in [-0.39, 0.29) is 0 Å². The third-order valence-corrected chi connectivity index (χ3v) is 3.34. The highest BCUT2D eigenvalue weighted by Gasteiger charge is 2.12. The molecule has 4 heteroatoms. The number of anilines is 2. The highest BCUT2D eigenvalue weighted by molar-refractivity contribution is 5.44. The minimum atomic E-state index is 0.707. The van der Waals surface area contributed by atoms with E-state index in [1.165, 1.54) is 12.8 Å². The summed E-state index contributed by atoms with van der Waals surface area (Å²) in [4.78, 5) is 11.4. The molecule has 1 rings (SSSR count). The lowest BCUT2D eigenvalue weighted by molar-refractivity contribution is 0.533. The van der Waals surface area contributed by atoms with Crippen LogP contribution in [0.3, 0.4) is 0 Å². The number of aromatic nitrogens is 2. The van der Waals surface area contributed by atoms with E-state index >= 15 is 0 Å². The van der Waals surface area contributed by atoms with Gasteiger partial charge in [-0.05, 0) is 31.6 Å². The molecule has 0 aliphatic carbocycles. The summed E-state index contributed by atoms with van der Waals surface area (Å²) in [5.74, 6) is 3.17. The molecule has 114 valence electrons. The zero-order valence-electron chi connectivity index (χ0n) is 13.9. The normalized spacial score (nSPS) is 11.2. The average molecular weight is 278 g/mol. The van der Waals surface area contributed by atoms with Crippen molar-refractivity contribution in [3.63, 3.8) is 0 Å². The van der Waals surface area contributed by atoms with Gasteiger partial charge in [0.1, 0.15) is 5.82 Å². The van der Waals surface area contributed by atoms with Gasteiger partial charge in [-0.1, -0.05) is 27.7 Å². The predicted octanol–water partition coefficient (Wildman–Crippen LogP) is 3.73. The molecule has 0 saturated carbocycles. The van der Waals surface area contributed by atoms with E-state index in [4.69, 9.17) is 0 Å². The first-order valence-corrected chi connectivity index (χ1v) is 7.70. The molecule has 0 saturated heterocycles. The average Bonchev–Trinajstić information content (AvgIpc) is 2.37. The Bertz CT molecular complexity index is 389. The smallest absolute Gasteiger partial charge is 0.224 e. The molecule has 1 heterocycles. The Morgan fingerprint density at radius 3 is 2.05 bits per heavy atom. The second-order valence-electron chi connectivity index (χ2n) is 6.29. The summed E-state index contributed by atoms with van der Waals surface area (Å²) in [7, 11) is 1.87. The van der Waals surface area contributed by atoms with Crippen LogP contribution in [0.5, 0.6) is 0 Å². The summed E-state index contributed by atoms with van der Waals surface area (Å²) in [5, 5.41) is 3.04. The van der Waals surface area contributed by atoms with Crippen molar-refractivity contribution in [2.75, 3.05) is 30.4 Å². The fourth-order valence-electron chi connectivity index (χ4n) is 1.99. The predicted molar refractivity (Wildman–Crippen MR) is 87.4 cm³/mol. The third kappa shape index (κ3) is 5.76. The van der Waals surface area contributed by atoms with Gasteiger partial charge in [-0.3, -0.25) is 0 Å². The molecule has 0 atom stereocenters. The lowest BCUT2D eigenvalue weighted by atomic mass is 10.1. The zero-order valence-corrected chi connectivity index (χ0v) is 13.9. The maximum absolute atomic E-state index is 4.61. The molecule has 20 heavy (non-hydrogen) atoms. The number of aryl methyl sites for hydroxylation is 1. The van der Waals surface area contributed by atoms with Crippen LogP contribution >= 0.6 is 0 Å². The Kier molecular flexibility index (Phi) is 6.76. The molecular weight excluding hydrogens is 248 g/mol. The number of nitrogens with zero attached hydrogens (tertiary/aromatic N) is 3. The van der Waals surface area contributed by atoms with Gasteiger partial charge in [0.05, 0.1) is 0 Å². The summed E-state index contributed by atoms with van der Waals surface area (Å²) in [6.45, 7) is 13.2. The van der Waals surface area contributed by atoms with Crippen LogP contribution in [-0.2, 0) is 0 Å². The van der Waals surface area contributed by atoms with Gasteiger partial charge in [0, 0.05) is 31.9 Å². The van der Waals surface area contributed by atoms with E-state index in [1.54, 1.807) is 0 Å². The van der Waals surface area contributed by atoms with E-state index in [0.29, 0.717) is 17.8 Å². The quantitative estimate of drug-likeness (QED) is 0.786. The van der Waals surface area contributed by atoms with Gasteiger partial charge in [0.25, 0.3) is 0 Å². The van der Waals surface area contributed by atoms with Crippen LogP contribution in [0.15, 0.2) is 6.07 Å². The second-order valence-corrected chi connectivity index (χ2v) is 6.29. The third-order valence-electron chi connectivity index (χ3n) is 3.34. The summed E-state index contributed by atoms with van der Waals surface area (Å²) in [6.07, 6.45) is 2.38. The second kappa shape index (κ2) is 8.08. The van der Waals surface area contributed by atoms with E-state index in [2.05, 4.69) is 53.9 Å². The van der Waals surface area contributed by atoms with Crippen LogP contribution in [0.4, 0.5) is 11.8 Å². The Labute approximate surface area is 124 Å². The first kappa shape index (κ1) is 16.7. The number of nitrogens with one attached hydrogen (secondary N) is 1. The van der Waals surface area contributed by atoms with Crippen molar-refractivity contribution in [2.45, 2.75) is 47.5 Å². The summed E-state index contributed by atoms with van der Waals surface area (Å²) >= 11 is 0. The van der Waals surface area contributed by atoms with Gasteiger partial charge < -0.3 is 10.2 Å². The number of hydrogen-bond donors (Lipinski definition) is 1. The molecule has 4 nitrogen and oxygen atoms in total. The van der Waals surface area contributed by atoms with Crippen molar-refractivity contribution < 1.29 is 0 Å². The molecule has 0 radical (unpaired) electrons. The molecule has 1 N–H and O–H groups in total. The van der Waals surface area contributed by atoms with Crippen molar-refractivity contribution in [1.29, 1.82) is 0 Å². The van der Waals surface area contributed by atoms with Crippen LogP contribution in [0, 0.1) is 18.8 Å². The van der Waals surface area contributed by atoms with Crippen molar-refractivity contribution in [3.05, 3.63) is 11.8 Å². The highest BCUT2D eigenvalue weighted by Crippen LogP contribution is 2.18. The topological polar surface area (TPSA) is 41.1 Å². The minimum absolute atomic E-state index is 0.707. The van der Waals surface area contributed by atoms with E-state index in [0.717, 1.165) is 24.6 Å². The van der Waals surface area contributed by atoms with Crippen LogP contribution in [0.25, 0.3) is 0 Å². The van der Waals surface area contributed by atoms with Gasteiger partial charge in [0.15, 0.2) is 0 Å². The molecule has 0 aliphatic rings. The molecular formula is C16H30N4. The van der Waals surface area contributed by atoms with Gasteiger partial charge in [-0.15, -0.1) is 0 Å². The molecule has 0 aliphatic heterocycles. The zero-order chi connectivity index (χ0) is 15.1. The van der Waals surface area contributed by atoms with E-state index in [9.17, 15) is 0 Å². The molecule has 0 bridgehead atoms. The van der Waals surface area contributed by atoms with Gasteiger partial charge >= 0.3 is 0 Å². The Hall–Kier alpha value is -1.32. The van der Waals surface area contributed by atoms with Gasteiger partial charge in [-0.25, -0.2) is 4.98 Å². The first-order chi connectivity index (χ1) is 9.42. The Balaban J connectivity index is 2.86. The molecule has 1 aromatic heterocycles. The largest absolute Gasteiger partial charge is 0.357 e. The Morgan fingerprint density at radius 2 is 1.60 bits per heavy atom. The molecule has 0 fully saturated rings. The fraction of sp³-hybridized carbons (Fsp3) is 0.750. The minimum Gasteiger partial charge on any atom is -0.357 e. The van der Waals surface area contributed by atoms with Crippen molar-refractivity contribution in [3.8, 4) is 0 Å². The lowest BCUT2D eigenvalue weighted by Gasteiger charge is -2.26. The van der Waals surface area contributed by atoms with Crippen molar-refractivity contribution in [1.82, 2.24) is 9.97 Å². The van der Waals surface area contributed by atoms with Gasteiger partial charge in [-0.2, -0.15) is 4.98 Å². The van der Waals surface area contributed by atoms with E-state index < -0.39 is 0 Å². The van der Waals surface area contributed by atoms with Crippen molar-refractivity contribution in [2.24, 2.45) is 11.8 Å². The van der Waals surface area contributed by atoms with E-state index in [1.807, 2.05) is 14.0 Å². The standard InChI is InChI=1S/C16H30N4/c1-12(2)7-9-20(10-8-13(3)4)15-11-14(5)18-16(17-6)19-15/h11-13H,7-10H2,1-6H3,(H,17,18,19). The molecule has 0 unspecified atom stereocenters. The van der Waals surface area contributed by atoms with Crippen LogP contribution in [-0.4, -0.2) is 30.1 Å². The van der Waals surface area contributed by atoms with Crippen LogP contribution < -0.4 is 10.2 Å². The van der Waals surface area contributed by atoms with Crippen LogP contribution in [0.1, 0.15) is 46.2 Å². The maximum atomic E-state index is 4.61. The lowest BCUT2D eigenvalue weighted by Crippen LogP contribution is -2.28.